The predicted octanol–water partition coefficient (Wildman–Crippen LogP) is 1.73. The summed E-state index contributed by atoms with van der Waals surface area (Å²) in [6.45, 7) is 2.11. The molecule has 23 heavy (non-hydrogen) atoms. The van der Waals surface area contributed by atoms with Gasteiger partial charge in [-0.2, -0.15) is 5.10 Å². The fourth-order valence-electron chi connectivity index (χ4n) is 2.07. The summed E-state index contributed by atoms with van der Waals surface area (Å²) >= 11 is 0. The van der Waals surface area contributed by atoms with Crippen molar-refractivity contribution in [1.82, 2.24) is 20.0 Å². The van der Waals surface area contributed by atoms with E-state index in [0.29, 0.717) is 6.54 Å². The number of carboxylic acid groups (broad SMARTS) is 1. The summed E-state index contributed by atoms with van der Waals surface area (Å²) in [5.74, 6) is -1.52. The van der Waals surface area contributed by atoms with E-state index >= 15 is 0 Å². The number of rotatable bonds is 6. The molecule has 122 valence electrons. The van der Waals surface area contributed by atoms with E-state index in [4.69, 9.17) is 5.11 Å². The molecule has 0 aliphatic carbocycles. The van der Waals surface area contributed by atoms with Gasteiger partial charge in [-0.3, -0.25) is 4.79 Å². The molecule has 0 fully saturated rings. The summed E-state index contributed by atoms with van der Waals surface area (Å²) in [4.78, 5) is 24.1. The van der Waals surface area contributed by atoms with Crippen molar-refractivity contribution in [2.24, 2.45) is 5.92 Å². The fraction of sp³-hybridized carbons (Fsp3) is 0.312. The van der Waals surface area contributed by atoms with Crippen LogP contribution in [0.15, 0.2) is 42.7 Å². The monoisotopic (exact) mass is 316 g/mol. The SMILES string of the molecule is CC(CN(C)C(=O)NCc1ccc(-n2cccn2)cc1)C(=O)O. The lowest BCUT2D eigenvalue weighted by atomic mass is 10.2. The van der Waals surface area contributed by atoms with Gasteiger partial charge in [0.25, 0.3) is 0 Å². The number of nitrogens with zero attached hydrogens (tertiary/aromatic N) is 3. The van der Waals surface area contributed by atoms with Crippen molar-refractivity contribution < 1.29 is 14.7 Å². The molecule has 1 aromatic carbocycles. The zero-order chi connectivity index (χ0) is 16.8. The number of aliphatic carboxylic acids is 1. The summed E-state index contributed by atoms with van der Waals surface area (Å²) in [7, 11) is 1.58. The van der Waals surface area contributed by atoms with Crippen LogP contribution in [0.1, 0.15) is 12.5 Å². The molecule has 1 unspecified atom stereocenters. The molecule has 7 nitrogen and oxygen atoms in total. The van der Waals surface area contributed by atoms with Gasteiger partial charge in [0.05, 0.1) is 11.6 Å². The highest BCUT2D eigenvalue weighted by atomic mass is 16.4. The lowest BCUT2D eigenvalue weighted by Crippen LogP contribution is -2.40. The van der Waals surface area contributed by atoms with E-state index in [1.165, 1.54) is 4.90 Å². The second kappa shape index (κ2) is 7.44. The van der Waals surface area contributed by atoms with Crippen molar-refractivity contribution >= 4 is 12.0 Å². The number of amides is 2. The first-order valence-corrected chi connectivity index (χ1v) is 7.28. The first-order valence-electron chi connectivity index (χ1n) is 7.28. The second-order valence-corrected chi connectivity index (χ2v) is 5.40. The highest BCUT2D eigenvalue weighted by Crippen LogP contribution is 2.08. The average Bonchev–Trinajstić information content (AvgIpc) is 3.07. The van der Waals surface area contributed by atoms with Gasteiger partial charge in [0, 0.05) is 32.5 Å². The maximum absolute atomic E-state index is 11.9. The van der Waals surface area contributed by atoms with E-state index in [0.717, 1.165) is 11.3 Å². The van der Waals surface area contributed by atoms with Gasteiger partial charge in [-0.15, -0.1) is 0 Å². The molecule has 1 atom stereocenters. The molecule has 2 rings (SSSR count). The van der Waals surface area contributed by atoms with Gasteiger partial charge in [0.1, 0.15) is 0 Å². The van der Waals surface area contributed by atoms with E-state index in [-0.39, 0.29) is 12.6 Å². The van der Waals surface area contributed by atoms with Crippen LogP contribution in [-0.2, 0) is 11.3 Å². The van der Waals surface area contributed by atoms with Crippen molar-refractivity contribution in [3.63, 3.8) is 0 Å². The lowest BCUT2D eigenvalue weighted by Gasteiger charge is -2.20. The summed E-state index contributed by atoms with van der Waals surface area (Å²) in [5, 5.41) is 15.8. The van der Waals surface area contributed by atoms with Gasteiger partial charge in [-0.05, 0) is 23.8 Å². The molecule has 2 amide bonds. The van der Waals surface area contributed by atoms with Crippen LogP contribution in [0.3, 0.4) is 0 Å². The van der Waals surface area contributed by atoms with Crippen molar-refractivity contribution in [1.29, 1.82) is 0 Å². The molecule has 1 aromatic heterocycles. The lowest BCUT2D eigenvalue weighted by molar-refractivity contribution is -0.141. The minimum absolute atomic E-state index is 0.166. The normalized spacial score (nSPS) is 11.7. The third-order valence-electron chi connectivity index (χ3n) is 3.47. The summed E-state index contributed by atoms with van der Waals surface area (Å²) in [6, 6.07) is 9.22. The molecule has 0 aliphatic heterocycles. The average molecular weight is 316 g/mol. The number of nitrogens with one attached hydrogen (secondary N) is 1. The summed E-state index contributed by atoms with van der Waals surface area (Å²) < 4.78 is 1.75. The molecule has 0 saturated carbocycles. The minimum atomic E-state index is -0.918. The van der Waals surface area contributed by atoms with Gasteiger partial charge in [-0.25, -0.2) is 9.48 Å². The fourth-order valence-corrected chi connectivity index (χ4v) is 2.07. The van der Waals surface area contributed by atoms with Crippen LogP contribution in [0.25, 0.3) is 5.69 Å². The van der Waals surface area contributed by atoms with Crippen molar-refractivity contribution in [3.05, 3.63) is 48.3 Å². The zero-order valence-corrected chi connectivity index (χ0v) is 13.1. The van der Waals surface area contributed by atoms with E-state index in [1.807, 2.05) is 36.5 Å². The number of carboxylic acids is 1. The van der Waals surface area contributed by atoms with Crippen LogP contribution in [0.4, 0.5) is 4.79 Å². The molecule has 0 spiro atoms. The van der Waals surface area contributed by atoms with Crippen LogP contribution in [0, 0.1) is 5.92 Å². The van der Waals surface area contributed by atoms with Crippen molar-refractivity contribution in [3.8, 4) is 5.69 Å². The second-order valence-electron chi connectivity index (χ2n) is 5.40. The number of carbonyl (C=O) groups is 2. The molecule has 1 heterocycles. The Kier molecular flexibility index (Phi) is 5.35. The Labute approximate surface area is 134 Å². The number of urea groups is 1. The Morgan fingerprint density at radius 2 is 2.04 bits per heavy atom. The van der Waals surface area contributed by atoms with Gasteiger partial charge in [0.15, 0.2) is 0 Å². The first kappa shape index (κ1) is 16.5. The molecule has 2 aromatic rings. The van der Waals surface area contributed by atoms with Crippen molar-refractivity contribution in [2.75, 3.05) is 13.6 Å². The Morgan fingerprint density at radius 1 is 1.35 bits per heavy atom. The van der Waals surface area contributed by atoms with Gasteiger partial charge >= 0.3 is 12.0 Å². The van der Waals surface area contributed by atoms with Crippen molar-refractivity contribution in [2.45, 2.75) is 13.5 Å². The largest absolute Gasteiger partial charge is 0.481 e. The first-order chi connectivity index (χ1) is 11.0. The Bertz CT molecular complexity index is 652. The van der Waals surface area contributed by atoms with Crippen LogP contribution in [0.5, 0.6) is 0 Å². The van der Waals surface area contributed by atoms with Gasteiger partial charge in [0.2, 0.25) is 0 Å². The van der Waals surface area contributed by atoms with Gasteiger partial charge in [-0.1, -0.05) is 19.1 Å². The van der Waals surface area contributed by atoms with E-state index < -0.39 is 11.9 Å². The number of aromatic nitrogens is 2. The quantitative estimate of drug-likeness (QED) is 0.849. The topological polar surface area (TPSA) is 87.5 Å². The zero-order valence-electron chi connectivity index (χ0n) is 13.1. The van der Waals surface area contributed by atoms with E-state index in [2.05, 4.69) is 10.4 Å². The third-order valence-corrected chi connectivity index (χ3v) is 3.47. The van der Waals surface area contributed by atoms with Crippen LogP contribution >= 0.6 is 0 Å². The summed E-state index contributed by atoms with van der Waals surface area (Å²) in [6.07, 6.45) is 3.57. The molecule has 2 N–H and O–H groups in total. The number of hydrogen-bond donors (Lipinski definition) is 2. The Morgan fingerprint density at radius 3 is 2.61 bits per heavy atom. The smallest absolute Gasteiger partial charge is 0.317 e. The molecule has 0 radical (unpaired) electrons. The molecule has 7 heteroatoms. The third kappa shape index (κ3) is 4.57. The molecule has 0 bridgehead atoms. The predicted molar refractivity (Wildman–Crippen MR) is 85.2 cm³/mol. The maximum atomic E-state index is 11.9. The Hall–Kier alpha value is -2.83. The van der Waals surface area contributed by atoms with E-state index in [9.17, 15) is 9.59 Å². The standard InChI is InChI=1S/C16H20N4O3/c1-12(15(21)22)11-19(2)16(23)17-10-13-4-6-14(7-5-13)20-9-3-8-18-20/h3-9,12H,10-11H2,1-2H3,(H,17,23)(H,21,22). The number of carbonyl (C=O) groups excluding carboxylic acids is 1. The van der Waals surface area contributed by atoms with Gasteiger partial charge < -0.3 is 15.3 Å². The van der Waals surface area contributed by atoms with Crippen LogP contribution < -0.4 is 5.32 Å². The van der Waals surface area contributed by atoms with Crippen LogP contribution in [0.2, 0.25) is 0 Å². The highest BCUT2D eigenvalue weighted by Gasteiger charge is 2.16. The molecular weight excluding hydrogens is 296 g/mol. The van der Waals surface area contributed by atoms with Crippen LogP contribution in [-0.4, -0.2) is 45.4 Å². The number of benzene rings is 1. The molecule has 0 saturated heterocycles. The Balaban J connectivity index is 1.85. The summed E-state index contributed by atoms with van der Waals surface area (Å²) in [5.41, 5.74) is 1.89. The molecular formula is C16H20N4O3. The maximum Gasteiger partial charge on any atom is 0.317 e. The highest BCUT2D eigenvalue weighted by molar-refractivity contribution is 5.75. The number of hydrogen-bond acceptors (Lipinski definition) is 3. The molecule has 0 aliphatic rings. The minimum Gasteiger partial charge on any atom is -0.481 e. The van der Waals surface area contributed by atoms with E-state index in [1.54, 1.807) is 24.9 Å².